The van der Waals surface area contributed by atoms with Crippen molar-refractivity contribution in [3.8, 4) is 0 Å². The van der Waals surface area contributed by atoms with Crippen LogP contribution in [0.5, 0.6) is 0 Å². The molecule has 5 aromatic carbocycles. The van der Waals surface area contributed by atoms with E-state index in [0.717, 1.165) is 0 Å². The Hall–Kier alpha value is -2.80. The number of fused-ring (bicyclic) bond motifs is 2. The SMILES string of the molecule is CC.CC.CNc1cc2cc(C)cc3c4cc(C)cc5cc(C)cc(c(c1)c23)c54. The standard InChI is InChI=1S/C24H21N.2C2H6/c1-13-5-16-6-14(2)10-21-22-12-18(25-4)11-17-7-15(3)9-20(24(17)22)19(8-13)23(16)21;2*1-2/h5-12,25H,1-4H3;2*1-2H3. The lowest BCUT2D eigenvalue weighted by molar-refractivity contribution is 1.49. The second-order valence-electron chi connectivity index (χ2n) is 7.41. The van der Waals surface area contributed by atoms with Crippen LogP contribution in [0.4, 0.5) is 5.69 Å². The number of anilines is 1. The monoisotopic (exact) mass is 383 g/mol. The highest BCUT2D eigenvalue weighted by atomic mass is 14.8. The lowest BCUT2D eigenvalue weighted by Gasteiger charge is -2.17. The van der Waals surface area contributed by atoms with Crippen LogP contribution in [-0.4, -0.2) is 7.05 Å². The molecule has 0 saturated carbocycles. The van der Waals surface area contributed by atoms with Gasteiger partial charge in [0.1, 0.15) is 0 Å². The Labute approximate surface area is 175 Å². The fourth-order valence-corrected chi connectivity index (χ4v) is 4.48. The summed E-state index contributed by atoms with van der Waals surface area (Å²) in [5.41, 5.74) is 5.12. The van der Waals surface area contributed by atoms with E-state index in [1.54, 1.807) is 0 Å². The molecule has 0 bridgehead atoms. The molecule has 5 aromatic rings. The lowest BCUT2D eigenvalue weighted by Crippen LogP contribution is -1.93. The first-order valence-corrected chi connectivity index (χ1v) is 10.9. The first kappa shape index (κ1) is 20.9. The predicted molar refractivity (Wildman–Crippen MR) is 134 cm³/mol. The van der Waals surface area contributed by atoms with E-state index < -0.39 is 0 Å². The Balaban J connectivity index is 0.000000568. The predicted octanol–water partition coefficient (Wildman–Crippen LogP) is 8.76. The normalized spacial score (nSPS) is 10.8. The van der Waals surface area contributed by atoms with Crippen LogP contribution in [0.3, 0.4) is 0 Å². The molecule has 1 nitrogen and oxygen atoms in total. The molecule has 0 atom stereocenters. The second kappa shape index (κ2) is 8.29. The van der Waals surface area contributed by atoms with Crippen molar-refractivity contribution in [3.05, 3.63) is 65.2 Å². The van der Waals surface area contributed by atoms with Crippen molar-refractivity contribution in [3.63, 3.8) is 0 Å². The van der Waals surface area contributed by atoms with Crippen molar-refractivity contribution in [2.24, 2.45) is 0 Å². The maximum absolute atomic E-state index is 3.34. The number of hydrogen-bond donors (Lipinski definition) is 1. The van der Waals surface area contributed by atoms with Gasteiger partial charge in [-0.05, 0) is 92.7 Å². The van der Waals surface area contributed by atoms with Crippen LogP contribution in [-0.2, 0) is 0 Å². The third-order valence-electron chi connectivity index (χ3n) is 5.40. The number of nitrogens with one attached hydrogen (secondary N) is 1. The molecule has 150 valence electrons. The van der Waals surface area contributed by atoms with E-state index in [9.17, 15) is 0 Å². The van der Waals surface area contributed by atoms with Gasteiger partial charge in [0.05, 0.1) is 0 Å². The number of benzene rings is 5. The van der Waals surface area contributed by atoms with Crippen LogP contribution in [0.1, 0.15) is 44.4 Å². The zero-order valence-corrected chi connectivity index (χ0v) is 19.1. The van der Waals surface area contributed by atoms with E-state index in [0.29, 0.717) is 0 Å². The van der Waals surface area contributed by atoms with Crippen molar-refractivity contribution in [1.82, 2.24) is 0 Å². The Morgan fingerprint density at radius 3 is 1.21 bits per heavy atom. The van der Waals surface area contributed by atoms with Gasteiger partial charge < -0.3 is 5.32 Å². The third kappa shape index (κ3) is 3.40. The molecular formula is C28H33N. The van der Waals surface area contributed by atoms with Crippen molar-refractivity contribution >= 4 is 48.8 Å². The van der Waals surface area contributed by atoms with Gasteiger partial charge in [-0.15, -0.1) is 0 Å². The lowest BCUT2D eigenvalue weighted by atomic mass is 9.87. The molecule has 29 heavy (non-hydrogen) atoms. The van der Waals surface area contributed by atoms with Gasteiger partial charge in [-0.1, -0.05) is 64.1 Å². The van der Waals surface area contributed by atoms with E-state index in [-0.39, 0.29) is 0 Å². The average Bonchev–Trinajstić information content (AvgIpc) is 2.73. The van der Waals surface area contributed by atoms with Crippen LogP contribution in [0, 0.1) is 20.8 Å². The van der Waals surface area contributed by atoms with E-state index in [4.69, 9.17) is 0 Å². The molecule has 0 aliphatic carbocycles. The summed E-state index contributed by atoms with van der Waals surface area (Å²) >= 11 is 0. The van der Waals surface area contributed by atoms with Gasteiger partial charge in [0.2, 0.25) is 0 Å². The maximum Gasteiger partial charge on any atom is 0.0350 e. The molecule has 0 heterocycles. The fraction of sp³-hybridized carbons (Fsp3) is 0.286. The fourth-order valence-electron chi connectivity index (χ4n) is 4.48. The van der Waals surface area contributed by atoms with Gasteiger partial charge in [-0.3, -0.25) is 0 Å². The van der Waals surface area contributed by atoms with E-state index in [1.807, 2.05) is 34.7 Å². The Kier molecular flexibility index (Phi) is 5.98. The molecule has 1 N–H and O–H groups in total. The molecule has 0 saturated heterocycles. The number of aryl methyl sites for hydroxylation is 3. The van der Waals surface area contributed by atoms with Gasteiger partial charge in [0.15, 0.2) is 0 Å². The van der Waals surface area contributed by atoms with Crippen LogP contribution in [0.15, 0.2) is 48.5 Å². The summed E-state index contributed by atoms with van der Waals surface area (Å²) in [5.74, 6) is 0. The minimum Gasteiger partial charge on any atom is -0.388 e. The highest BCUT2D eigenvalue weighted by Gasteiger charge is 2.15. The Bertz CT molecular complexity index is 1290. The van der Waals surface area contributed by atoms with Crippen LogP contribution in [0.25, 0.3) is 43.1 Å². The largest absolute Gasteiger partial charge is 0.388 e. The Morgan fingerprint density at radius 1 is 0.483 bits per heavy atom. The van der Waals surface area contributed by atoms with Crippen molar-refractivity contribution < 1.29 is 0 Å². The molecule has 0 aromatic heterocycles. The van der Waals surface area contributed by atoms with Crippen LogP contribution in [0.2, 0.25) is 0 Å². The van der Waals surface area contributed by atoms with Crippen molar-refractivity contribution in [2.45, 2.75) is 48.5 Å². The topological polar surface area (TPSA) is 12.0 Å². The summed E-state index contributed by atoms with van der Waals surface area (Å²) in [4.78, 5) is 0. The maximum atomic E-state index is 3.34. The summed E-state index contributed by atoms with van der Waals surface area (Å²) in [5, 5.41) is 14.2. The van der Waals surface area contributed by atoms with E-state index in [2.05, 4.69) is 74.6 Å². The molecule has 1 heteroatoms. The first-order chi connectivity index (χ1) is 14.0. The Morgan fingerprint density at radius 2 is 0.828 bits per heavy atom. The zero-order valence-electron chi connectivity index (χ0n) is 19.1. The minimum atomic E-state index is 1.17. The minimum absolute atomic E-state index is 1.17. The molecule has 0 radical (unpaired) electrons. The quantitative estimate of drug-likeness (QED) is 0.225. The van der Waals surface area contributed by atoms with E-state index in [1.165, 1.54) is 65.5 Å². The molecule has 0 aliphatic rings. The number of hydrogen-bond acceptors (Lipinski definition) is 1. The molecular weight excluding hydrogens is 350 g/mol. The highest BCUT2D eigenvalue weighted by molar-refractivity contribution is 6.33. The van der Waals surface area contributed by atoms with E-state index >= 15 is 0 Å². The van der Waals surface area contributed by atoms with Gasteiger partial charge in [-0.2, -0.15) is 0 Å². The summed E-state index contributed by atoms with van der Waals surface area (Å²) in [6.07, 6.45) is 0. The smallest absolute Gasteiger partial charge is 0.0350 e. The highest BCUT2D eigenvalue weighted by Crippen LogP contribution is 2.42. The summed E-state index contributed by atoms with van der Waals surface area (Å²) in [7, 11) is 2.00. The summed E-state index contributed by atoms with van der Waals surface area (Å²) in [6.45, 7) is 14.6. The molecule has 5 rings (SSSR count). The van der Waals surface area contributed by atoms with Crippen LogP contribution < -0.4 is 5.32 Å². The molecule has 0 spiro atoms. The van der Waals surface area contributed by atoms with Gasteiger partial charge in [0, 0.05) is 12.7 Å². The first-order valence-electron chi connectivity index (χ1n) is 10.9. The second-order valence-corrected chi connectivity index (χ2v) is 7.41. The zero-order chi connectivity index (χ0) is 21.3. The van der Waals surface area contributed by atoms with Crippen molar-refractivity contribution in [1.29, 1.82) is 0 Å². The van der Waals surface area contributed by atoms with Crippen molar-refractivity contribution in [2.75, 3.05) is 12.4 Å². The summed E-state index contributed by atoms with van der Waals surface area (Å²) < 4.78 is 0. The molecule has 0 aliphatic heterocycles. The van der Waals surface area contributed by atoms with Gasteiger partial charge in [0.25, 0.3) is 0 Å². The number of rotatable bonds is 1. The molecule has 0 amide bonds. The molecule has 0 unspecified atom stereocenters. The summed E-state index contributed by atoms with van der Waals surface area (Å²) in [6, 6.07) is 18.5. The van der Waals surface area contributed by atoms with Crippen LogP contribution >= 0.6 is 0 Å². The molecule has 0 fully saturated rings. The van der Waals surface area contributed by atoms with Gasteiger partial charge in [-0.25, -0.2) is 0 Å². The average molecular weight is 384 g/mol. The third-order valence-corrected chi connectivity index (χ3v) is 5.40. The van der Waals surface area contributed by atoms with Gasteiger partial charge >= 0.3 is 0 Å².